The van der Waals surface area contributed by atoms with Crippen molar-refractivity contribution in [3.8, 4) is 0 Å². The normalized spacial score (nSPS) is 45.2. The summed E-state index contributed by atoms with van der Waals surface area (Å²) in [5, 5.41) is 0. The lowest BCUT2D eigenvalue weighted by Crippen LogP contribution is -2.64. The van der Waals surface area contributed by atoms with Crippen molar-refractivity contribution in [2.24, 2.45) is 40.4 Å². The van der Waals surface area contributed by atoms with Crippen LogP contribution in [0.1, 0.15) is 72.6 Å². The van der Waals surface area contributed by atoms with Crippen LogP contribution in [0.4, 0.5) is 0 Å². The number of ether oxygens (including phenoxy) is 3. The Labute approximate surface area is 189 Å². The zero-order valence-corrected chi connectivity index (χ0v) is 19.8. The summed E-state index contributed by atoms with van der Waals surface area (Å²) in [6.45, 7) is 6.93. The lowest BCUT2D eigenvalue weighted by Gasteiger charge is -2.61. The predicted octanol–water partition coefficient (Wildman–Crippen LogP) is 3.47. The molecule has 178 valence electrons. The number of Topliss-reactive ketones (excluding diaryl/α,β-unsaturated/α-hetero) is 1. The van der Waals surface area contributed by atoms with E-state index < -0.39 is 23.4 Å². The van der Waals surface area contributed by atoms with Gasteiger partial charge in [-0.2, -0.15) is 0 Å². The zero-order valence-electron chi connectivity index (χ0n) is 19.8. The summed E-state index contributed by atoms with van der Waals surface area (Å²) in [5.74, 6) is -1.18. The second-order valence-electron chi connectivity index (χ2n) is 10.9. The number of fused-ring (bicyclic) bond motifs is 5. The van der Waals surface area contributed by atoms with Gasteiger partial charge in [-0.1, -0.05) is 13.8 Å². The molecule has 4 aliphatic carbocycles. The molecule has 0 heterocycles. The molecule has 0 aliphatic heterocycles. The van der Waals surface area contributed by atoms with Gasteiger partial charge < -0.3 is 14.2 Å². The highest BCUT2D eigenvalue weighted by Gasteiger charge is 2.69. The number of carbonyl (C=O) groups is 4. The molecule has 0 saturated heterocycles. The minimum absolute atomic E-state index is 0.0297. The average Bonchev–Trinajstić information content (AvgIpc) is 3.07. The molecule has 7 nitrogen and oxygen atoms in total. The zero-order chi connectivity index (χ0) is 23.4. The Morgan fingerprint density at radius 2 is 1.62 bits per heavy atom. The fourth-order valence-electron chi connectivity index (χ4n) is 8.21. The van der Waals surface area contributed by atoms with Crippen LogP contribution in [0.15, 0.2) is 0 Å². The minimum Gasteiger partial charge on any atom is -0.469 e. The minimum atomic E-state index is -0.931. The molecule has 0 amide bonds. The van der Waals surface area contributed by atoms with E-state index in [1.54, 1.807) is 0 Å². The monoisotopic (exact) mass is 448 g/mol. The molecule has 0 aromatic carbocycles. The number of carbonyl (C=O) groups excluding carboxylic acids is 4. The lowest BCUT2D eigenvalue weighted by atomic mass is 9.43. The van der Waals surface area contributed by atoms with Crippen molar-refractivity contribution < 1.29 is 33.4 Å². The first kappa shape index (κ1) is 23.2. The third-order valence-corrected chi connectivity index (χ3v) is 9.54. The molecule has 7 heteroatoms. The predicted molar refractivity (Wildman–Crippen MR) is 114 cm³/mol. The summed E-state index contributed by atoms with van der Waals surface area (Å²) in [4.78, 5) is 50.3. The molecule has 0 spiro atoms. The fourth-order valence-corrected chi connectivity index (χ4v) is 8.21. The molecule has 9 atom stereocenters. The van der Waals surface area contributed by atoms with E-state index in [-0.39, 0.29) is 52.9 Å². The van der Waals surface area contributed by atoms with Crippen LogP contribution in [0.3, 0.4) is 0 Å². The van der Waals surface area contributed by atoms with Gasteiger partial charge in [-0.25, -0.2) is 0 Å². The summed E-state index contributed by atoms with van der Waals surface area (Å²) in [6.07, 6.45) is 4.67. The van der Waals surface area contributed by atoms with Crippen LogP contribution in [0.25, 0.3) is 0 Å². The Morgan fingerprint density at radius 3 is 2.25 bits per heavy atom. The van der Waals surface area contributed by atoms with Gasteiger partial charge in [0, 0.05) is 25.2 Å². The molecule has 4 fully saturated rings. The molecule has 0 aromatic rings. The Hall–Kier alpha value is -1.92. The Bertz CT molecular complexity index is 821. The SMILES string of the molecule is COC(=O)C1CCC2C3CCC4CC(OC(C)=O)CCC4(C)C3C(=O)[C@H](OC(C)=O)C12C. The third-order valence-electron chi connectivity index (χ3n) is 9.54. The van der Waals surface area contributed by atoms with Gasteiger partial charge in [-0.15, -0.1) is 0 Å². The number of hydrogen-bond acceptors (Lipinski definition) is 7. The van der Waals surface area contributed by atoms with Crippen LogP contribution in [-0.4, -0.2) is 43.0 Å². The van der Waals surface area contributed by atoms with E-state index in [1.807, 2.05) is 6.92 Å². The summed E-state index contributed by atoms with van der Waals surface area (Å²) >= 11 is 0. The second kappa shape index (κ2) is 8.14. The number of ketones is 1. The summed E-state index contributed by atoms with van der Waals surface area (Å²) in [5.41, 5.74) is -0.963. The third kappa shape index (κ3) is 3.38. The molecule has 0 radical (unpaired) electrons. The van der Waals surface area contributed by atoms with Gasteiger partial charge in [-0.05, 0) is 68.1 Å². The van der Waals surface area contributed by atoms with Gasteiger partial charge in [0.2, 0.25) is 0 Å². The lowest BCUT2D eigenvalue weighted by molar-refractivity contribution is -0.200. The van der Waals surface area contributed by atoms with Gasteiger partial charge in [0.1, 0.15) is 6.10 Å². The first-order valence-electron chi connectivity index (χ1n) is 12.0. The van der Waals surface area contributed by atoms with Crippen LogP contribution in [0.2, 0.25) is 0 Å². The van der Waals surface area contributed by atoms with E-state index in [1.165, 1.54) is 21.0 Å². The standard InChI is InChI=1S/C25H36O7/c1-13(26)31-16-10-11-24(3)15(12-16)6-7-17-18-8-9-19(23(29)30-5)25(18,4)22(32-14(2)27)21(28)20(17)24/h15-20,22H,6-12H2,1-5H3/t15?,16?,17?,18?,19?,20?,22-,24?,25?/m0/s1. The van der Waals surface area contributed by atoms with Crippen molar-refractivity contribution in [2.45, 2.75) is 84.8 Å². The number of hydrogen-bond donors (Lipinski definition) is 0. The molecular formula is C25H36O7. The van der Waals surface area contributed by atoms with Gasteiger partial charge in [0.15, 0.2) is 11.9 Å². The topological polar surface area (TPSA) is 96.0 Å². The highest BCUT2D eigenvalue weighted by molar-refractivity contribution is 5.91. The first-order valence-corrected chi connectivity index (χ1v) is 12.0. The van der Waals surface area contributed by atoms with Crippen molar-refractivity contribution in [3.05, 3.63) is 0 Å². The van der Waals surface area contributed by atoms with E-state index in [0.717, 1.165) is 38.5 Å². The number of rotatable bonds is 3. The van der Waals surface area contributed by atoms with Crippen molar-refractivity contribution in [2.75, 3.05) is 7.11 Å². The molecule has 0 bridgehead atoms. The van der Waals surface area contributed by atoms with Gasteiger partial charge in [0.05, 0.1) is 13.0 Å². The van der Waals surface area contributed by atoms with Crippen molar-refractivity contribution in [1.29, 1.82) is 0 Å². The van der Waals surface area contributed by atoms with Crippen LogP contribution < -0.4 is 0 Å². The molecule has 0 N–H and O–H groups in total. The second-order valence-corrected chi connectivity index (χ2v) is 10.9. The highest BCUT2D eigenvalue weighted by atomic mass is 16.6. The van der Waals surface area contributed by atoms with Crippen molar-refractivity contribution >= 4 is 23.7 Å². The largest absolute Gasteiger partial charge is 0.469 e. The number of esters is 3. The van der Waals surface area contributed by atoms with E-state index in [0.29, 0.717) is 6.42 Å². The average molecular weight is 449 g/mol. The maximum absolute atomic E-state index is 14.1. The van der Waals surface area contributed by atoms with Crippen LogP contribution >= 0.6 is 0 Å². The summed E-state index contributed by atoms with van der Waals surface area (Å²) in [6, 6.07) is 0. The molecule has 0 aromatic heterocycles. The van der Waals surface area contributed by atoms with Crippen LogP contribution in [-0.2, 0) is 33.4 Å². The first-order chi connectivity index (χ1) is 15.0. The fraction of sp³-hybridized carbons (Fsp3) is 0.840. The van der Waals surface area contributed by atoms with E-state index in [2.05, 4.69) is 6.92 Å². The van der Waals surface area contributed by atoms with Crippen molar-refractivity contribution in [1.82, 2.24) is 0 Å². The van der Waals surface area contributed by atoms with Crippen LogP contribution in [0.5, 0.6) is 0 Å². The molecular weight excluding hydrogens is 412 g/mol. The van der Waals surface area contributed by atoms with Gasteiger partial charge in [0.25, 0.3) is 0 Å². The maximum atomic E-state index is 14.1. The van der Waals surface area contributed by atoms with E-state index in [4.69, 9.17) is 14.2 Å². The van der Waals surface area contributed by atoms with Gasteiger partial charge >= 0.3 is 17.9 Å². The smallest absolute Gasteiger partial charge is 0.309 e. The van der Waals surface area contributed by atoms with E-state index >= 15 is 0 Å². The summed E-state index contributed by atoms with van der Waals surface area (Å²) < 4.78 is 16.3. The molecule has 4 rings (SSSR count). The van der Waals surface area contributed by atoms with E-state index in [9.17, 15) is 19.2 Å². The highest BCUT2D eigenvalue weighted by Crippen LogP contribution is 2.67. The molecule has 4 saturated carbocycles. The molecule has 4 aliphatic rings. The van der Waals surface area contributed by atoms with Crippen LogP contribution in [0, 0.1) is 40.4 Å². The van der Waals surface area contributed by atoms with Crippen molar-refractivity contribution in [3.63, 3.8) is 0 Å². The Balaban J connectivity index is 1.70. The maximum Gasteiger partial charge on any atom is 0.309 e. The molecule has 8 unspecified atom stereocenters. The van der Waals surface area contributed by atoms with Gasteiger partial charge in [-0.3, -0.25) is 19.2 Å². The quantitative estimate of drug-likeness (QED) is 0.482. The summed E-state index contributed by atoms with van der Waals surface area (Å²) in [7, 11) is 1.38. The Morgan fingerprint density at radius 1 is 0.938 bits per heavy atom. The Kier molecular flexibility index (Phi) is 5.91. The number of methoxy groups -OCH3 is 1. The molecule has 32 heavy (non-hydrogen) atoms.